The Labute approximate surface area is 178 Å². The summed E-state index contributed by atoms with van der Waals surface area (Å²) in [6.45, 7) is 0.631. The fraction of sp³-hybridized carbons (Fsp3) is 0.300. The van der Waals surface area contributed by atoms with Crippen molar-refractivity contribution in [2.45, 2.75) is 18.4 Å². The Morgan fingerprint density at radius 3 is 2.36 bits per heavy atom. The van der Waals surface area contributed by atoms with Crippen LogP contribution in [-0.2, 0) is 0 Å². The molecule has 0 spiro atoms. The van der Waals surface area contributed by atoms with E-state index >= 15 is 0 Å². The van der Waals surface area contributed by atoms with E-state index in [1.54, 1.807) is 48.3 Å². The van der Waals surface area contributed by atoms with Gasteiger partial charge in [-0.3, -0.25) is 4.79 Å². The molecule has 5 nitrogen and oxygen atoms in total. The Balaban J connectivity index is 1.91. The molecule has 0 aromatic heterocycles. The first-order valence-corrected chi connectivity index (χ1v) is 9.87. The number of amides is 2. The maximum atomic E-state index is 13.0. The summed E-state index contributed by atoms with van der Waals surface area (Å²) < 4.78 is 0. The van der Waals surface area contributed by atoms with E-state index in [0.717, 1.165) is 5.56 Å². The second-order valence-electron chi connectivity index (χ2n) is 6.79. The number of hydrogen-bond acceptors (Lipinski definition) is 2. The third-order valence-corrected chi connectivity index (χ3v) is 6.12. The minimum Gasteiger partial charge on any atom is -0.465 e. The number of carboxylic acid groups (broad SMARTS) is 1. The number of likely N-dealkylation sites (N-methyl/N-ethyl adjacent to an activating group) is 1. The number of rotatable bonds is 3. The van der Waals surface area contributed by atoms with E-state index in [1.807, 2.05) is 6.07 Å². The lowest BCUT2D eigenvalue weighted by atomic mass is 9.85. The summed E-state index contributed by atoms with van der Waals surface area (Å²) in [4.78, 5) is 27.5. The van der Waals surface area contributed by atoms with Gasteiger partial charge in [0.15, 0.2) is 0 Å². The van der Waals surface area contributed by atoms with Crippen molar-refractivity contribution in [1.82, 2.24) is 9.80 Å². The van der Waals surface area contributed by atoms with Crippen LogP contribution in [0.25, 0.3) is 0 Å². The zero-order valence-electron chi connectivity index (χ0n) is 15.1. The van der Waals surface area contributed by atoms with Crippen LogP contribution in [0, 0.1) is 0 Å². The highest BCUT2D eigenvalue weighted by Crippen LogP contribution is 2.34. The lowest BCUT2D eigenvalue weighted by Gasteiger charge is -2.42. The van der Waals surface area contributed by atoms with Gasteiger partial charge < -0.3 is 14.9 Å². The quantitative estimate of drug-likeness (QED) is 0.707. The second kappa shape index (κ2) is 8.60. The Kier molecular flexibility index (Phi) is 6.38. The van der Waals surface area contributed by atoms with Gasteiger partial charge in [0.1, 0.15) is 0 Å². The number of nitrogens with zero attached hydrogens (tertiary/aromatic N) is 2. The largest absolute Gasteiger partial charge is 0.465 e. The van der Waals surface area contributed by atoms with Gasteiger partial charge in [0.05, 0.1) is 10.0 Å². The van der Waals surface area contributed by atoms with Crippen molar-refractivity contribution in [2.24, 2.45) is 0 Å². The van der Waals surface area contributed by atoms with E-state index in [0.29, 0.717) is 33.6 Å². The summed E-state index contributed by atoms with van der Waals surface area (Å²) in [6, 6.07) is 11.8. The molecule has 0 bridgehead atoms. The highest BCUT2D eigenvalue weighted by molar-refractivity contribution is 6.42. The van der Waals surface area contributed by atoms with Gasteiger partial charge in [-0.2, -0.15) is 0 Å². The van der Waals surface area contributed by atoms with Crippen molar-refractivity contribution in [2.75, 3.05) is 20.1 Å². The van der Waals surface area contributed by atoms with E-state index in [2.05, 4.69) is 0 Å². The molecule has 2 unspecified atom stereocenters. The van der Waals surface area contributed by atoms with E-state index in [4.69, 9.17) is 34.8 Å². The fourth-order valence-electron chi connectivity index (χ4n) is 3.59. The van der Waals surface area contributed by atoms with Crippen LogP contribution < -0.4 is 0 Å². The lowest BCUT2D eigenvalue weighted by Crippen LogP contribution is -2.51. The molecule has 1 heterocycles. The van der Waals surface area contributed by atoms with E-state index in [9.17, 15) is 14.7 Å². The van der Waals surface area contributed by atoms with Crippen molar-refractivity contribution in [3.8, 4) is 0 Å². The first-order chi connectivity index (χ1) is 13.3. The molecule has 8 heteroatoms. The number of piperidine rings is 1. The van der Waals surface area contributed by atoms with Crippen molar-refractivity contribution in [1.29, 1.82) is 0 Å². The van der Waals surface area contributed by atoms with Gasteiger partial charge in [0, 0.05) is 42.7 Å². The molecule has 1 saturated heterocycles. The predicted octanol–water partition coefficient (Wildman–Crippen LogP) is 5.25. The number of carbonyl (C=O) groups is 2. The van der Waals surface area contributed by atoms with Crippen LogP contribution in [0.2, 0.25) is 15.1 Å². The zero-order valence-corrected chi connectivity index (χ0v) is 17.4. The minimum absolute atomic E-state index is 0.143. The average Bonchev–Trinajstić information content (AvgIpc) is 2.69. The van der Waals surface area contributed by atoms with E-state index in [-0.39, 0.29) is 24.4 Å². The monoisotopic (exact) mass is 440 g/mol. The number of hydrogen-bond donors (Lipinski definition) is 1. The molecule has 1 aliphatic rings. The third kappa shape index (κ3) is 4.37. The van der Waals surface area contributed by atoms with Crippen molar-refractivity contribution in [3.05, 3.63) is 68.7 Å². The van der Waals surface area contributed by atoms with Crippen LogP contribution >= 0.6 is 34.8 Å². The van der Waals surface area contributed by atoms with E-state index < -0.39 is 6.09 Å². The fourth-order valence-corrected chi connectivity index (χ4v) is 4.03. The first kappa shape index (κ1) is 20.8. The van der Waals surface area contributed by atoms with E-state index in [1.165, 1.54) is 4.90 Å². The highest BCUT2D eigenvalue weighted by atomic mass is 35.5. The second-order valence-corrected chi connectivity index (χ2v) is 8.04. The highest BCUT2D eigenvalue weighted by Gasteiger charge is 2.36. The summed E-state index contributed by atoms with van der Waals surface area (Å²) in [5, 5.41) is 10.8. The van der Waals surface area contributed by atoms with Crippen molar-refractivity contribution in [3.63, 3.8) is 0 Å². The van der Waals surface area contributed by atoms with Crippen LogP contribution in [0.4, 0.5) is 4.79 Å². The molecular weight excluding hydrogens is 423 g/mol. The van der Waals surface area contributed by atoms with Gasteiger partial charge in [-0.05, 0) is 48.4 Å². The summed E-state index contributed by atoms with van der Waals surface area (Å²) in [6.07, 6.45) is -0.456. The zero-order chi connectivity index (χ0) is 20.4. The predicted molar refractivity (Wildman–Crippen MR) is 111 cm³/mol. The molecule has 148 valence electrons. The maximum Gasteiger partial charge on any atom is 0.407 e. The molecule has 28 heavy (non-hydrogen) atoms. The average molecular weight is 442 g/mol. The Bertz CT molecular complexity index is 889. The number of likely N-dealkylation sites (tertiary alicyclic amines) is 1. The Hall–Kier alpha value is -1.95. The van der Waals surface area contributed by atoms with Crippen LogP contribution in [0.1, 0.15) is 28.3 Å². The molecule has 1 N–H and O–H groups in total. The normalized spacial score (nSPS) is 19.4. The van der Waals surface area contributed by atoms with Crippen LogP contribution in [-0.4, -0.2) is 53.1 Å². The Morgan fingerprint density at radius 1 is 1.07 bits per heavy atom. The molecule has 2 aromatic rings. The van der Waals surface area contributed by atoms with Crippen LogP contribution in [0.5, 0.6) is 0 Å². The molecule has 0 saturated carbocycles. The minimum atomic E-state index is -0.977. The standard InChI is InChI=1S/C20H19Cl3N2O3/c1-24(19(26)12-2-5-14(21)6-3-12)18-8-9-25(20(27)28)11-15(18)13-4-7-16(22)17(23)10-13/h2-7,10,15,18H,8-9,11H2,1H3,(H,27,28). The first-order valence-electron chi connectivity index (χ1n) is 8.73. The van der Waals surface area contributed by atoms with Gasteiger partial charge in [0.2, 0.25) is 0 Å². The summed E-state index contributed by atoms with van der Waals surface area (Å²) in [5.74, 6) is -0.364. The van der Waals surface area contributed by atoms with Gasteiger partial charge in [-0.25, -0.2) is 4.79 Å². The molecule has 2 atom stereocenters. The Morgan fingerprint density at radius 2 is 1.75 bits per heavy atom. The number of carbonyl (C=O) groups excluding carboxylic acids is 1. The number of benzene rings is 2. The lowest BCUT2D eigenvalue weighted by molar-refractivity contribution is 0.0591. The maximum absolute atomic E-state index is 13.0. The summed E-state index contributed by atoms with van der Waals surface area (Å²) in [5.41, 5.74) is 1.38. The number of halogens is 3. The van der Waals surface area contributed by atoms with Gasteiger partial charge in [-0.15, -0.1) is 0 Å². The smallest absolute Gasteiger partial charge is 0.407 e. The molecule has 1 aliphatic heterocycles. The van der Waals surface area contributed by atoms with Gasteiger partial charge >= 0.3 is 6.09 Å². The van der Waals surface area contributed by atoms with Crippen LogP contribution in [0.15, 0.2) is 42.5 Å². The molecule has 2 amide bonds. The molecular formula is C20H19Cl3N2O3. The molecule has 0 radical (unpaired) electrons. The molecule has 3 rings (SSSR count). The van der Waals surface area contributed by atoms with Crippen molar-refractivity contribution >= 4 is 46.8 Å². The van der Waals surface area contributed by atoms with Gasteiger partial charge in [0.25, 0.3) is 5.91 Å². The molecule has 1 fully saturated rings. The van der Waals surface area contributed by atoms with Crippen LogP contribution in [0.3, 0.4) is 0 Å². The molecule has 0 aliphatic carbocycles. The summed E-state index contributed by atoms with van der Waals surface area (Å²) in [7, 11) is 1.74. The SMILES string of the molecule is CN(C(=O)c1ccc(Cl)cc1)C1CCN(C(=O)O)CC1c1ccc(Cl)c(Cl)c1. The van der Waals surface area contributed by atoms with Gasteiger partial charge in [-0.1, -0.05) is 40.9 Å². The van der Waals surface area contributed by atoms with Crippen molar-refractivity contribution < 1.29 is 14.7 Å². The topological polar surface area (TPSA) is 60.9 Å². The third-order valence-electron chi connectivity index (χ3n) is 5.13. The molecule has 2 aromatic carbocycles. The summed E-state index contributed by atoms with van der Waals surface area (Å²) >= 11 is 18.1.